The standard InChI is InChI=1S/C10H7NO3/c12-10(11-13)8-5-7-3-1-2-4-9(7)14-6-8/h1-5H,6H2. The number of hydrogen-bond acceptors (Lipinski definition) is 3. The van der Waals surface area contributed by atoms with Crippen LogP contribution in [0.5, 0.6) is 5.75 Å². The predicted octanol–water partition coefficient (Wildman–Crippen LogP) is 1.76. The molecule has 1 aliphatic rings. The smallest absolute Gasteiger partial charge is 0.316 e. The first-order valence-electron chi connectivity index (χ1n) is 4.11. The maximum Gasteiger partial charge on any atom is 0.316 e. The Bertz CT molecular complexity index is 423. The molecule has 1 heterocycles. The summed E-state index contributed by atoms with van der Waals surface area (Å²) in [6, 6.07) is 7.30. The zero-order valence-corrected chi connectivity index (χ0v) is 7.27. The van der Waals surface area contributed by atoms with Crippen LogP contribution in [0.4, 0.5) is 0 Å². The third-order valence-corrected chi connectivity index (χ3v) is 1.99. The average molecular weight is 189 g/mol. The van der Waals surface area contributed by atoms with Gasteiger partial charge in [-0.05, 0) is 12.1 Å². The van der Waals surface area contributed by atoms with Crippen molar-refractivity contribution in [2.45, 2.75) is 0 Å². The third-order valence-electron chi connectivity index (χ3n) is 1.99. The predicted molar refractivity (Wildman–Crippen MR) is 50.7 cm³/mol. The maximum absolute atomic E-state index is 10.9. The molecular formula is C10H7NO3. The number of para-hydroxylation sites is 1. The molecule has 2 rings (SSSR count). The van der Waals surface area contributed by atoms with Crippen molar-refractivity contribution in [1.82, 2.24) is 0 Å². The van der Waals surface area contributed by atoms with Crippen molar-refractivity contribution in [3.05, 3.63) is 40.3 Å². The molecular weight excluding hydrogens is 182 g/mol. The number of amides is 1. The second kappa shape index (κ2) is 3.41. The van der Waals surface area contributed by atoms with Crippen molar-refractivity contribution in [3.8, 4) is 5.75 Å². The number of hydrogen-bond donors (Lipinski definition) is 0. The van der Waals surface area contributed by atoms with Crippen LogP contribution in [0.25, 0.3) is 6.08 Å². The summed E-state index contributed by atoms with van der Waals surface area (Å²) < 4.78 is 5.27. The highest BCUT2D eigenvalue weighted by Gasteiger charge is 2.16. The molecule has 14 heavy (non-hydrogen) atoms. The van der Waals surface area contributed by atoms with Gasteiger partial charge in [-0.2, -0.15) is 0 Å². The topological polar surface area (TPSA) is 55.7 Å². The van der Waals surface area contributed by atoms with Crippen molar-refractivity contribution < 1.29 is 9.53 Å². The molecule has 1 aromatic rings. The van der Waals surface area contributed by atoms with Crippen molar-refractivity contribution in [2.75, 3.05) is 6.61 Å². The van der Waals surface area contributed by atoms with E-state index in [4.69, 9.17) is 4.74 Å². The Morgan fingerprint density at radius 1 is 1.36 bits per heavy atom. The molecule has 1 amide bonds. The summed E-state index contributed by atoms with van der Waals surface area (Å²) in [6.07, 6.45) is 1.63. The molecule has 0 radical (unpaired) electrons. The highest BCUT2D eigenvalue weighted by molar-refractivity contribution is 5.99. The van der Waals surface area contributed by atoms with Crippen molar-refractivity contribution in [1.29, 1.82) is 0 Å². The van der Waals surface area contributed by atoms with E-state index in [1.807, 2.05) is 18.2 Å². The summed E-state index contributed by atoms with van der Waals surface area (Å²) in [4.78, 5) is 21.0. The van der Waals surface area contributed by atoms with Gasteiger partial charge in [-0.25, -0.2) is 0 Å². The Labute approximate surface area is 80.2 Å². The Hall–Kier alpha value is -1.97. The number of carbonyl (C=O) groups excluding carboxylic acids is 1. The van der Waals surface area contributed by atoms with E-state index in [-0.39, 0.29) is 6.61 Å². The van der Waals surface area contributed by atoms with Gasteiger partial charge < -0.3 is 4.74 Å². The molecule has 0 spiro atoms. The Kier molecular flexibility index (Phi) is 2.10. The molecule has 0 N–H and O–H groups in total. The van der Waals surface area contributed by atoms with Crippen LogP contribution in [0, 0.1) is 4.91 Å². The van der Waals surface area contributed by atoms with E-state index < -0.39 is 5.91 Å². The summed E-state index contributed by atoms with van der Waals surface area (Å²) in [7, 11) is 0. The molecule has 0 saturated carbocycles. The van der Waals surface area contributed by atoms with Crippen LogP contribution in [-0.4, -0.2) is 12.5 Å². The molecule has 4 heteroatoms. The quantitative estimate of drug-likeness (QED) is 0.632. The van der Waals surface area contributed by atoms with Gasteiger partial charge in [-0.15, -0.1) is 4.91 Å². The van der Waals surface area contributed by atoms with E-state index in [1.165, 1.54) is 0 Å². The average Bonchev–Trinajstić information content (AvgIpc) is 2.27. The van der Waals surface area contributed by atoms with Crippen LogP contribution in [0.2, 0.25) is 0 Å². The fourth-order valence-corrected chi connectivity index (χ4v) is 1.30. The lowest BCUT2D eigenvalue weighted by Gasteiger charge is -2.14. The Morgan fingerprint density at radius 2 is 2.14 bits per heavy atom. The molecule has 70 valence electrons. The minimum atomic E-state index is -0.764. The van der Waals surface area contributed by atoms with Crippen LogP contribution in [0.1, 0.15) is 5.56 Å². The van der Waals surface area contributed by atoms with Gasteiger partial charge in [0.15, 0.2) is 0 Å². The molecule has 0 atom stereocenters. The molecule has 0 aromatic heterocycles. The fourth-order valence-electron chi connectivity index (χ4n) is 1.30. The lowest BCUT2D eigenvalue weighted by molar-refractivity contribution is -0.114. The van der Waals surface area contributed by atoms with E-state index in [2.05, 4.69) is 5.18 Å². The number of nitrogens with zero attached hydrogens (tertiary/aromatic N) is 1. The second-order valence-corrected chi connectivity index (χ2v) is 2.89. The van der Waals surface area contributed by atoms with E-state index in [1.54, 1.807) is 12.1 Å². The first-order valence-corrected chi connectivity index (χ1v) is 4.11. The minimum absolute atomic E-state index is 0.113. The van der Waals surface area contributed by atoms with E-state index in [0.717, 1.165) is 11.3 Å². The summed E-state index contributed by atoms with van der Waals surface area (Å²) in [5, 5.41) is 2.35. The number of benzene rings is 1. The van der Waals surface area contributed by atoms with Gasteiger partial charge in [0.05, 0.1) is 5.57 Å². The number of carbonyl (C=O) groups is 1. The van der Waals surface area contributed by atoms with Crippen LogP contribution >= 0.6 is 0 Å². The van der Waals surface area contributed by atoms with Crippen molar-refractivity contribution in [2.24, 2.45) is 5.18 Å². The van der Waals surface area contributed by atoms with Gasteiger partial charge in [-0.1, -0.05) is 18.2 Å². The lowest BCUT2D eigenvalue weighted by atomic mass is 10.1. The Morgan fingerprint density at radius 3 is 2.93 bits per heavy atom. The SMILES string of the molecule is O=NC(=O)C1=Cc2ccccc2OC1. The van der Waals surface area contributed by atoms with Crippen molar-refractivity contribution >= 4 is 12.0 Å². The number of nitroso groups, excluding NO2 is 1. The Balaban J connectivity index is 2.40. The van der Waals surface area contributed by atoms with E-state index >= 15 is 0 Å². The highest BCUT2D eigenvalue weighted by atomic mass is 16.5. The summed E-state index contributed by atoms with van der Waals surface area (Å²) in [5.74, 6) is -0.0468. The van der Waals surface area contributed by atoms with Gasteiger partial charge in [0.25, 0.3) is 0 Å². The summed E-state index contributed by atoms with van der Waals surface area (Å²) in [6.45, 7) is 0.113. The molecule has 0 bridgehead atoms. The van der Waals surface area contributed by atoms with Crippen LogP contribution in [-0.2, 0) is 4.79 Å². The van der Waals surface area contributed by atoms with E-state index in [9.17, 15) is 9.70 Å². The summed E-state index contributed by atoms with van der Waals surface area (Å²) >= 11 is 0. The zero-order chi connectivity index (χ0) is 9.97. The van der Waals surface area contributed by atoms with Crippen molar-refractivity contribution in [3.63, 3.8) is 0 Å². The number of fused-ring (bicyclic) bond motifs is 1. The molecule has 1 aliphatic heterocycles. The van der Waals surface area contributed by atoms with Gasteiger partial charge in [0.1, 0.15) is 12.4 Å². The molecule has 0 unspecified atom stereocenters. The summed E-state index contributed by atoms with van der Waals surface area (Å²) in [5.41, 5.74) is 1.09. The van der Waals surface area contributed by atoms with Gasteiger partial charge in [0, 0.05) is 10.7 Å². The minimum Gasteiger partial charge on any atom is -0.488 e. The van der Waals surface area contributed by atoms with Gasteiger partial charge >= 0.3 is 5.91 Å². The third kappa shape index (κ3) is 1.42. The van der Waals surface area contributed by atoms with Crippen LogP contribution in [0.15, 0.2) is 35.0 Å². The number of rotatable bonds is 1. The molecule has 4 nitrogen and oxygen atoms in total. The molecule has 0 saturated heterocycles. The zero-order valence-electron chi connectivity index (χ0n) is 7.27. The fraction of sp³-hybridized carbons (Fsp3) is 0.100. The van der Waals surface area contributed by atoms with Gasteiger partial charge in [-0.3, -0.25) is 4.79 Å². The maximum atomic E-state index is 10.9. The molecule has 1 aromatic carbocycles. The van der Waals surface area contributed by atoms with E-state index in [0.29, 0.717) is 5.57 Å². The monoisotopic (exact) mass is 189 g/mol. The highest BCUT2D eigenvalue weighted by Crippen LogP contribution is 2.25. The van der Waals surface area contributed by atoms with Crippen LogP contribution < -0.4 is 4.74 Å². The number of ether oxygens (including phenoxy) is 1. The normalized spacial score (nSPS) is 13.6. The largest absolute Gasteiger partial charge is 0.488 e. The lowest BCUT2D eigenvalue weighted by Crippen LogP contribution is -2.12. The molecule has 0 fully saturated rings. The van der Waals surface area contributed by atoms with Crippen LogP contribution in [0.3, 0.4) is 0 Å². The molecule has 0 aliphatic carbocycles. The van der Waals surface area contributed by atoms with Gasteiger partial charge in [0.2, 0.25) is 0 Å². The first-order chi connectivity index (χ1) is 6.81. The first kappa shape index (κ1) is 8.62. The second-order valence-electron chi connectivity index (χ2n) is 2.89.